The minimum absolute atomic E-state index is 0.108. The molecule has 92 valence electrons. The fourth-order valence-corrected chi connectivity index (χ4v) is 2.02. The van der Waals surface area contributed by atoms with Gasteiger partial charge in [0.1, 0.15) is 0 Å². The first-order chi connectivity index (χ1) is 8.11. The lowest BCUT2D eigenvalue weighted by Gasteiger charge is -2.38. The first-order valence-corrected chi connectivity index (χ1v) is 5.64. The molecular weight excluding hydrogens is 222 g/mol. The van der Waals surface area contributed by atoms with Crippen LogP contribution in [0.1, 0.15) is 13.3 Å². The van der Waals surface area contributed by atoms with Crippen LogP contribution in [-0.2, 0) is 11.3 Å². The Morgan fingerprint density at radius 1 is 1.59 bits per heavy atom. The highest BCUT2D eigenvalue weighted by atomic mass is 16.4. The molecule has 0 spiro atoms. The summed E-state index contributed by atoms with van der Waals surface area (Å²) in [6.07, 6.45) is 3.41. The highest BCUT2D eigenvalue weighted by Crippen LogP contribution is 2.22. The quantitative estimate of drug-likeness (QED) is 0.808. The van der Waals surface area contributed by atoms with Crippen molar-refractivity contribution in [3.8, 4) is 0 Å². The molecule has 1 aromatic rings. The van der Waals surface area contributed by atoms with E-state index in [1.807, 2.05) is 11.8 Å². The van der Waals surface area contributed by atoms with E-state index in [0.717, 1.165) is 0 Å². The predicted octanol–water partition coefficient (Wildman–Crippen LogP) is 0.174. The Balaban J connectivity index is 2.06. The van der Waals surface area contributed by atoms with Crippen LogP contribution in [0, 0.1) is 5.92 Å². The van der Waals surface area contributed by atoms with Gasteiger partial charge in [0.2, 0.25) is 0 Å². The second kappa shape index (κ2) is 4.57. The number of aromatic nitrogens is 2. The van der Waals surface area contributed by atoms with Crippen molar-refractivity contribution in [1.29, 1.82) is 0 Å². The Morgan fingerprint density at radius 3 is 2.88 bits per heavy atom. The van der Waals surface area contributed by atoms with Gasteiger partial charge in [-0.2, -0.15) is 0 Å². The average molecular weight is 237 g/mol. The van der Waals surface area contributed by atoms with Crippen LogP contribution in [0.3, 0.4) is 0 Å². The zero-order valence-electron chi connectivity index (χ0n) is 9.67. The van der Waals surface area contributed by atoms with E-state index >= 15 is 0 Å². The molecule has 0 amide bonds. The summed E-state index contributed by atoms with van der Waals surface area (Å²) in [7, 11) is 0. The Labute approximate surface area is 98.5 Å². The molecule has 0 aliphatic carbocycles. The highest BCUT2D eigenvalue weighted by molar-refractivity contribution is 5.67. The van der Waals surface area contributed by atoms with Gasteiger partial charge in [0.25, 0.3) is 5.56 Å². The molecule has 1 saturated heterocycles. The Bertz CT molecular complexity index is 477. The van der Waals surface area contributed by atoms with Crippen LogP contribution in [0.2, 0.25) is 0 Å². The minimum Gasteiger partial charge on any atom is -0.481 e. The normalized spacial score (nSPS) is 15.7. The van der Waals surface area contributed by atoms with Crippen molar-refractivity contribution in [3.05, 3.63) is 22.7 Å². The van der Waals surface area contributed by atoms with Gasteiger partial charge in [0, 0.05) is 37.9 Å². The summed E-state index contributed by atoms with van der Waals surface area (Å²) in [6.45, 7) is 3.71. The standard InChI is InChI=1S/C11H15N3O3/c1-2-13-4-3-12-10(11(13)17)14-6-8(7-14)5-9(15)16/h3-4,8H,2,5-7H2,1H3,(H,15,16). The van der Waals surface area contributed by atoms with Crippen LogP contribution in [0.15, 0.2) is 17.2 Å². The smallest absolute Gasteiger partial charge is 0.303 e. The van der Waals surface area contributed by atoms with Gasteiger partial charge in [0.15, 0.2) is 5.82 Å². The first kappa shape index (κ1) is 11.6. The fraction of sp³-hybridized carbons (Fsp3) is 0.545. The Hall–Kier alpha value is -1.85. The van der Waals surface area contributed by atoms with Crippen molar-refractivity contribution in [2.24, 2.45) is 5.92 Å². The lowest BCUT2D eigenvalue weighted by atomic mass is 9.97. The monoisotopic (exact) mass is 237 g/mol. The highest BCUT2D eigenvalue weighted by Gasteiger charge is 2.31. The van der Waals surface area contributed by atoms with Gasteiger partial charge < -0.3 is 14.6 Å². The number of hydrogen-bond acceptors (Lipinski definition) is 4. The molecule has 1 aliphatic rings. The number of nitrogens with zero attached hydrogens (tertiary/aromatic N) is 3. The molecule has 0 radical (unpaired) electrons. The molecule has 0 aromatic carbocycles. The van der Waals surface area contributed by atoms with E-state index in [1.165, 1.54) is 0 Å². The maximum Gasteiger partial charge on any atom is 0.303 e. The van der Waals surface area contributed by atoms with Crippen molar-refractivity contribution >= 4 is 11.8 Å². The first-order valence-electron chi connectivity index (χ1n) is 5.64. The van der Waals surface area contributed by atoms with Crippen LogP contribution in [0.5, 0.6) is 0 Å². The number of rotatable bonds is 4. The summed E-state index contributed by atoms with van der Waals surface area (Å²) in [5.74, 6) is -0.235. The van der Waals surface area contributed by atoms with Crippen LogP contribution in [0.25, 0.3) is 0 Å². The summed E-state index contributed by atoms with van der Waals surface area (Å²) in [5, 5.41) is 8.64. The molecule has 0 saturated carbocycles. The second-order valence-corrected chi connectivity index (χ2v) is 4.21. The van der Waals surface area contributed by atoms with Crippen molar-refractivity contribution < 1.29 is 9.90 Å². The van der Waals surface area contributed by atoms with Gasteiger partial charge in [0.05, 0.1) is 6.42 Å². The molecule has 0 bridgehead atoms. The zero-order chi connectivity index (χ0) is 12.4. The molecule has 0 atom stereocenters. The molecule has 1 aliphatic heterocycles. The van der Waals surface area contributed by atoms with E-state index in [-0.39, 0.29) is 17.9 Å². The van der Waals surface area contributed by atoms with E-state index in [9.17, 15) is 9.59 Å². The lowest BCUT2D eigenvalue weighted by molar-refractivity contribution is -0.138. The van der Waals surface area contributed by atoms with Crippen LogP contribution < -0.4 is 10.5 Å². The number of carbonyl (C=O) groups is 1. The number of aliphatic carboxylic acids is 1. The molecule has 1 aromatic heterocycles. The summed E-state index contributed by atoms with van der Waals surface area (Å²) in [6, 6.07) is 0. The van der Waals surface area contributed by atoms with Gasteiger partial charge in [-0.1, -0.05) is 0 Å². The van der Waals surface area contributed by atoms with Crippen molar-refractivity contribution in [2.45, 2.75) is 19.9 Å². The Morgan fingerprint density at radius 2 is 2.29 bits per heavy atom. The van der Waals surface area contributed by atoms with E-state index in [0.29, 0.717) is 25.5 Å². The molecule has 0 unspecified atom stereocenters. The van der Waals surface area contributed by atoms with Gasteiger partial charge in [-0.05, 0) is 6.92 Å². The maximum atomic E-state index is 11.9. The number of anilines is 1. The van der Waals surface area contributed by atoms with E-state index in [4.69, 9.17) is 5.11 Å². The molecule has 17 heavy (non-hydrogen) atoms. The zero-order valence-corrected chi connectivity index (χ0v) is 9.67. The third-order valence-corrected chi connectivity index (χ3v) is 2.96. The van der Waals surface area contributed by atoms with Crippen molar-refractivity contribution in [3.63, 3.8) is 0 Å². The fourth-order valence-electron chi connectivity index (χ4n) is 2.02. The van der Waals surface area contributed by atoms with Crippen LogP contribution in [-0.4, -0.2) is 33.7 Å². The van der Waals surface area contributed by atoms with Crippen LogP contribution in [0.4, 0.5) is 5.82 Å². The van der Waals surface area contributed by atoms with Gasteiger partial charge >= 0.3 is 5.97 Å². The number of carboxylic acid groups (broad SMARTS) is 1. The second-order valence-electron chi connectivity index (χ2n) is 4.21. The molecule has 2 rings (SSSR count). The Kier molecular flexibility index (Phi) is 3.12. The molecular formula is C11H15N3O3. The SMILES string of the molecule is CCn1ccnc(N2CC(CC(=O)O)C2)c1=O. The number of carboxylic acids is 1. The van der Waals surface area contributed by atoms with E-state index in [2.05, 4.69) is 4.98 Å². The van der Waals surface area contributed by atoms with Crippen LogP contribution >= 0.6 is 0 Å². The molecule has 6 nitrogen and oxygen atoms in total. The molecule has 1 fully saturated rings. The third kappa shape index (κ3) is 2.30. The van der Waals surface area contributed by atoms with Crippen molar-refractivity contribution in [2.75, 3.05) is 18.0 Å². The largest absolute Gasteiger partial charge is 0.481 e. The maximum absolute atomic E-state index is 11.9. The lowest BCUT2D eigenvalue weighted by Crippen LogP contribution is -2.50. The van der Waals surface area contributed by atoms with E-state index < -0.39 is 5.97 Å². The average Bonchev–Trinajstić information content (AvgIpc) is 2.24. The predicted molar refractivity (Wildman–Crippen MR) is 62.1 cm³/mol. The third-order valence-electron chi connectivity index (χ3n) is 2.96. The molecule has 2 heterocycles. The number of hydrogen-bond donors (Lipinski definition) is 1. The van der Waals surface area contributed by atoms with Gasteiger partial charge in [-0.3, -0.25) is 9.59 Å². The topological polar surface area (TPSA) is 75.4 Å². The molecule has 1 N–H and O–H groups in total. The summed E-state index contributed by atoms with van der Waals surface area (Å²) in [4.78, 5) is 28.3. The number of aryl methyl sites for hydroxylation is 1. The van der Waals surface area contributed by atoms with E-state index in [1.54, 1.807) is 17.0 Å². The summed E-state index contributed by atoms with van der Waals surface area (Å²) in [5.41, 5.74) is -0.108. The summed E-state index contributed by atoms with van der Waals surface area (Å²) >= 11 is 0. The van der Waals surface area contributed by atoms with Gasteiger partial charge in [-0.15, -0.1) is 0 Å². The van der Waals surface area contributed by atoms with Crippen molar-refractivity contribution in [1.82, 2.24) is 9.55 Å². The molecule has 6 heteroatoms. The van der Waals surface area contributed by atoms with Gasteiger partial charge in [-0.25, -0.2) is 4.98 Å². The minimum atomic E-state index is -0.790. The summed E-state index contributed by atoms with van der Waals surface area (Å²) < 4.78 is 1.59.